The Labute approximate surface area is 145 Å². The predicted molar refractivity (Wildman–Crippen MR) is 93.3 cm³/mol. The van der Waals surface area contributed by atoms with Gasteiger partial charge in [0.15, 0.2) is 0 Å². The average molecular weight is 332 g/mol. The van der Waals surface area contributed by atoms with Crippen molar-refractivity contribution in [2.75, 3.05) is 13.1 Å². The van der Waals surface area contributed by atoms with E-state index in [2.05, 4.69) is 5.32 Å². The van der Waals surface area contributed by atoms with E-state index in [0.29, 0.717) is 13.0 Å². The molecule has 2 amide bonds. The van der Waals surface area contributed by atoms with Gasteiger partial charge in [0.25, 0.3) is 0 Å². The fourth-order valence-electron chi connectivity index (χ4n) is 6.42. The number of nitrogens with one attached hydrogen (secondary N) is 1. The van der Waals surface area contributed by atoms with Crippen LogP contribution in [-0.4, -0.2) is 35.3 Å². The van der Waals surface area contributed by atoms with Gasteiger partial charge in [-0.2, -0.15) is 0 Å². The molecule has 24 heavy (non-hydrogen) atoms. The predicted octanol–water partition coefficient (Wildman–Crippen LogP) is 3.11. The van der Waals surface area contributed by atoms with E-state index in [1.54, 1.807) is 0 Å². The molecule has 0 spiro atoms. The summed E-state index contributed by atoms with van der Waals surface area (Å²) in [6.45, 7) is 3.51. The van der Waals surface area contributed by atoms with Crippen molar-refractivity contribution in [3.05, 3.63) is 0 Å². The molecule has 4 aliphatic carbocycles. The molecule has 0 aromatic carbocycles. The smallest absolute Gasteiger partial charge is 0.225 e. The van der Waals surface area contributed by atoms with Crippen molar-refractivity contribution in [1.82, 2.24) is 10.2 Å². The van der Waals surface area contributed by atoms with Crippen LogP contribution in [0.15, 0.2) is 0 Å². The van der Waals surface area contributed by atoms with Crippen LogP contribution in [0.4, 0.5) is 0 Å². The molecule has 1 aliphatic heterocycles. The fourth-order valence-corrected chi connectivity index (χ4v) is 6.42. The van der Waals surface area contributed by atoms with Crippen LogP contribution in [0.3, 0.4) is 0 Å². The van der Waals surface area contributed by atoms with E-state index in [9.17, 15) is 9.59 Å². The van der Waals surface area contributed by atoms with Gasteiger partial charge in [-0.1, -0.05) is 6.92 Å². The third-order valence-electron chi connectivity index (χ3n) is 7.04. The van der Waals surface area contributed by atoms with Crippen LogP contribution in [0.25, 0.3) is 0 Å². The first-order valence-electron chi connectivity index (χ1n) is 10.2. The molecule has 5 aliphatic rings. The lowest BCUT2D eigenvalue weighted by Gasteiger charge is -2.57. The van der Waals surface area contributed by atoms with Gasteiger partial charge in [0.1, 0.15) is 0 Å². The zero-order valence-electron chi connectivity index (χ0n) is 15.1. The van der Waals surface area contributed by atoms with Crippen LogP contribution in [-0.2, 0) is 9.59 Å². The van der Waals surface area contributed by atoms with Gasteiger partial charge in [0.05, 0.1) is 5.92 Å². The van der Waals surface area contributed by atoms with Crippen LogP contribution < -0.4 is 5.32 Å². The van der Waals surface area contributed by atoms with Gasteiger partial charge in [0.2, 0.25) is 11.8 Å². The molecule has 4 bridgehead atoms. The fraction of sp³-hybridized carbons (Fsp3) is 0.900. The van der Waals surface area contributed by atoms with Gasteiger partial charge in [-0.15, -0.1) is 0 Å². The minimum Gasteiger partial charge on any atom is -0.350 e. The summed E-state index contributed by atoms with van der Waals surface area (Å²) in [5, 5.41) is 3.51. The molecule has 5 fully saturated rings. The number of hydrogen-bond acceptors (Lipinski definition) is 2. The zero-order chi connectivity index (χ0) is 16.7. The summed E-state index contributed by atoms with van der Waals surface area (Å²) >= 11 is 0. The summed E-state index contributed by atoms with van der Waals surface area (Å²) in [6.07, 6.45) is 11.2. The second kappa shape index (κ2) is 6.34. The Morgan fingerprint density at radius 2 is 1.71 bits per heavy atom. The van der Waals surface area contributed by atoms with E-state index in [1.807, 2.05) is 11.8 Å². The number of nitrogens with zero attached hydrogens (tertiary/aromatic N) is 1. The lowest BCUT2D eigenvalue weighted by molar-refractivity contribution is -0.137. The molecule has 4 heteroatoms. The molecule has 1 atom stereocenters. The molecule has 1 N–H and O–H groups in total. The normalized spacial score (nSPS) is 40.6. The van der Waals surface area contributed by atoms with Crippen LogP contribution in [0.5, 0.6) is 0 Å². The average Bonchev–Trinajstić information content (AvgIpc) is 2.53. The number of piperidine rings is 1. The molecule has 134 valence electrons. The van der Waals surface area contributed by atoms with Crippen LogP contribution >= 0.6 is 0 Å². The molecule has 1 unspecified atom stereocenters. The highest BCUT2D eigenvalue weighted by Crippen LogP contribution is 2.55. The highest BCUT2D eigenvalue weighted by Gasteiger charge is 2.51. The Balaban J connectivity index is 1.38. The third-order valence-corrected chi connectivity index (χ3v) is 7.04. The molecule has 0 aromatic heterocycles. The number of carbonyl (C=O) groups is 2. The molecular weight excluding hydrogens is 300 g/mol. The van der Waals surface area contributed by atoms with Crippen molar-refractivity contribution in [3.8, 4) is 0 Å². The van der Waals surface area contributed by atoms with Gasteiger partial charge in [-0.05, 0) is 75.5 Å². The standard InChI is InChI=1S/C20H32N2O2/c1-2-4-18(23)22-6-3-5-17(13-22)19(24)21-20-10-14-7-15(11-20)9-16(8-14)12-20/h14-17H,2-13H2,1H3,(H,21,24). The van der Waals surface area contributed by atoms with E-state index in [4.69, 9.17) is 0 Å². The van der Waals surface area contributed by atoms with Crippen molar-refractivity contribution in [2.45, 2.75) is 76.7 Å². The van der Waals surface area contributed by atoms with Crippen molar-refractivity contribution < 1.29 is 9.59 Å². The van der Waals surface area contributed by atoms with Crippen molar-refractivity contribution in [2.24, 2.45) is 23.7 Å². The van der Waals surface area contributed by atoms with E-state index in [1.165, 1.54) is 38.5 Å². The highest BCUT2D eigenvalue weighted by molar-refractivity contribution is 5.82. The van der Waals surface area contributed by atoms with Crippen molar-refractivity contribution in [3.63, 3.8) is 0 Å². The number of amides is 2. The van der Waals surface area contributed by atoms with Gasteiger partial charge in [0, 0.05) is 25.0 Å². The molecular formula is C20H32N2O2. The molecule has 1 heterocycles. The summed E-state index contributed by atoms with van der Waals surface area (Å²) in [6, 6.07) is 0. The monoisotopic (exact) mass is 332 g/mol. The van der Waals surface area contributed by atoms with E-state index >= 15 is 0 Å². The van der Waals surface area contributed by atoms with E-state index in [0.717, 1.165) is 43.6 Å². The molecule has 0 radical (unpaired) electrons. The van der Waals surface area contributed by atoms with Gasteiger partial charge in [-0.3, -0.25) is 9.59 Å². The SMILES string of the molecule is CCCC(=O)N1CCCC(C(=O)NC23CC4CC(CC(C4)C2)C3)C1. The number of likely N-dealkylation sites (tertiary alicyclic amines) is 1. The Kier molecular flexibility index (Phi) is 4.34. The van der Waals surface area contributed by atoms with Crippen molar-refractivity contribution in [1.29, 1.82) is 0 Å². The summed E-state index contributed by atoms with van der Waals surface area (Å²) in [7, 11) is 0. The van der Waals surface area contributed by atoms with Gasteiger partial charge in [-0.25, -0.2) is 0 Å². The molecule has 0 aromatic rings. The van der Waals surface area contributed by atoms with Crippen molar-refractivity contribution >= 4 is 11.8 Å². The first kappa shape index (κ1) is 16.4. The van der Waals surface area contributed by atoms with E-state index < -0.39 is 0 Å². The van der Waals surface area contributed by atoms with Crippen LogP contribution in [0, 0.1) is 23.7 Å². The molecule has 5 rings (SSSR count). The lowest BCUT2D eigenvalue weighted by atomic mass is 9.53. The van der Waals surface area contributed by atoms with Crippen LogP contribution in [0.2, 0.25) is 0 Å². The minimum absolute atomic E-state index is 0.00700. The summed E-state index contributed by atoms with van der Waals surface area (Å²) in [5.74, 6) is 3.02. The minimum atomic E-state index is 0.00700. The Hall–Kier alpha value is -1.06. The van der Waals surface area contributed by atoms with Gasteiger partial charge < -0.3 is 10.2 Å². The molecule has 4 nitrogen and oxygen atoms in total. The highest BCUT2D eigenvalue weighted by atomic mass is 16.2. The first-order valence-corrected chi connectivity index (χ1v) is 10.2. The van der Waals surface area contributed by atoms with Crippen LogP contribution in [0.1, 0.15) is 71.1 Å². The zero-order valence-corrected chi connectivity index (χ0v) is 15.1. The maximum absolute atomic E-state index is 13.0. The van der Waals surface area contributed by atoms with Gasteiger partial charge >= 0.3 is 0 Å². The molecule has 1 saturated heterocycles. The largest absolute Gasteiger partial charge is 0.350 e. The maximum atomic E-state index is 13.0. The van der Waals surface area contributed by atoms with E-state index in [-0.39, 0.29) is 23.3 Å². The topological polar surface area (TPSA) is 49.4 Å². The number of rotatable bonds is 4. The number of carbonyl (C=O) groups excluding carboxylic acids is 2. The second-order valence-corrected chi connectivity index (χ2v) is 9.12. The lowest BCUT2D eigenvalue weighted by Crippen LogP contribution is -2.61. The maximum Gasteiger partial charge on any atom is 0.225 e. The Morgan fingerprint density at radius 3 is 2.29 bits per heavy atom. The Bertz CT molecular complexity index is 480. The number of hydrogen-bond donors (Lipinski definition) is 1. The molecule has 4 saturated carbocycles. The Morgan fingerprint density at radius 1 is 1.08 bits per heavy atom. The summed E-state index contributed by atoms with van der Waals surface area (Å²) < 4.78 is 0. The summed E-state index contributed by atoms with van der Waals surface area (Å²) in [4.78, 5) is 27.1. The quantitative estimate of drug-likeness (QED) is 0.860. The third kappa shape index (κ3) is 3.09. The first-order chi connectivity index (χ1) is 11.6. The summed E-state index contributed by atoms with van der Waals surface area (Å²) in [5.41, 5.74) is 0.0987. The second-order valence-electron chi connectivity index (χ2n) is 9.12.